The molecule has 1 fully saturated rings. The van der Waals surface area contributed by atoms with Crippen molar-refractivity contribution in [2.75, 3.05) is 11.9 Å². The zero-order valence-corrected chi connectivity index (χ0v) is 10.0. The Labute approximate surface area is 106 Å². The maximum absolute atomic E-state index is 13.4. The van der Waals surface area contributed by atoms with Crippen LogP contribution in [0.2, 0.25) is 0 Å². The molecule has 0 amide bonds. The first-order chi connectivity index (χ1) is 9.06. The molecule has 1 atom stereocenters. The minimum absolute atomic E-state index is 0.0666. The van der Waals surface area contributed by atoms with E-state index in [-0.39, 0.29) is 24.5 Å². The van der Waals surface area contributed by atoms with Gasteiger partial charge in [-0.1, -0.05) is 0 Å². The molecule has 3 N–H and O–H groups in total. The molecule has 2 aromatic heterocycles. The zero-order chi connectivity index (χ0) is 13.5. The van der Waals surface area contributed by atoms with E-state index in [0.29, 0.717) is 23.9 Å². The summed E-state index contributed by atoms with van der Waals surface area (Å²) in [5.74, 6) is -3.16. The number of fused-ring (bicyclic) bond motifs is 1. The highest BCUT2D eigenvalue weighted by molar-refractivity contribution is 5.73. The van der Waals surface area contributed by atoms with E-state index in [1.807, 2.05) is 0 Å². The topological polar surface area (TPSA) is 86.5 Å². The zero-order valence-electron chi connectivity index (χ0n) is 10.0. The number of H-pyrrole nitrogens is 2. The molecule has 0 spiro atoms. The normalized spacial score (nSPS) is 21.9. The molecular formula is C11H13F2N5O. The van der Waals surface area contributed by atoms with Crippen molar-refractivity contribution in [3.05, 3.63) is 16.6 Å². The molecule has 102 valence electrons. The van der Waals surface area contributed by atoms with Crippen molar-refractivity contribution in [2.45, 2.75) is 25.2 Å². The van der Waals surface area contributed by atoms with E-state index >= 15 is 0 Å². The van der Waals surface area contributed by atoms with Crippen LogP contribution in [-0.2, 0) is 0 Å². The maximum atomic E-state index is 13.4. The molecule has 0 aromatic carbocycles. The van der Waals surface area contributed by atoms with E-state index in [1.165, 1.54) is 6.20 Å². The van der Waals surface area contributed by atoms with Crippen molar-refractivity contribution in [1.82, 2.24) is 20.2 Å². The summed E-state index contributed by atoms with van der Waals surface area (Å²) in [6.07, 6.45) is 2.32. The third-order valence-corrected chi connectivity index (χ3v) is 3.50. The lowest BCUT2D eigenvalue weighted by molar-refractivity contribution is -0.0318. The van der Waals surface area contributed by atoms with Crippen molar-refractivity contribution in [1.29, 1.82) is 0 Å². The molecule has 19 heavy (non-hydrogen) atoms. The highest BCUT2D eigenvalue weighted by atomic mass is 19.3. The summed E-state index contributed by atoms with van der Waals surface area (Å²) in [4.78, 5) is 18.2. The van der Waals surface area contributed by atoms with E-state index in [9.17, 15) is 13.6 Å². The number of hydrogen-bond donors (Lipinski definition) is 3. The van der Waals surface area contributed by atoms with Crippen molar-refractivity contribution < 1.29 is 8.78 Å². The van der Waals surface area contributed by atoms with Gasteiger partial charge in [-0.15, -0.1) is 0 Å². The number of alkyl halides is 2. The Morgan fingerprint density at radius 3 is 3.11 bits per heavy atom. The van der Waals surface area contributed by atoms with Gasteiger partial charge in [0, 0.05) is 18.9 Å². The van der Waals surface area contributed by atoms with Gasteiger partial charge in [0.2, 0.25) is 5.95 Å². The number of hydrogen-bond acceptors (Lipinski definition) is 4. The lowest BCUT2D eigenvalue weighted by atomic mass is 10.1. The molecule has 2 heterocycles. The second-order valence-corrected chi connectivity index (χ2v) is 4.78. The molecule has 1 unspecified atom stereocenters. The molecule has 1 aliphatic rings. The third kappa shape index (κ3) is 2.18. The van der Waals surface area contributed by atoms with Gasteiger partial charge in [0.15, 0.2) is 5.65 Å². The van der Waals surface area contributed by atoms with Crippen LogP contribution in [0.3, 0.4) is 0 Å². The van der Waals surface area contributed by atoms with E-state index < -0.39 is 11.8 Å². The van der Waals surface area contributed by atoms with Crippen molar-refractivity contribution in [3.8, 4) is 0 Å². The van der Waals surface area contributed by atoms with Gasteiger partial charge in [0.1, 0.15) is 5.39 Å². The Hall–Kier alpha value is -1.99. The molecule has 0 aliphatic heterocycles. The van der Waals surface area contributed by atoms with Crippen LogP contribution in [0.1, 0.15) is 19.3 Å². The standard InChI is InChI=1S/C11H13F2N5O/c12-11(13)3-1-2-6(11)4-14-10-16-8-7(5-15-18-8)9(19)17-10/h5-6H,1-4H2,(H3,14,15,16,17,18,19). The van der Waals surface area contributed by atoms with Gasteiger partial charge in [-0.2, -0.15) is 10.1 Å². The van der Waals surface area contributed by atoms with Crippen molar-refractivity contribution in [2.24, 2.45) is 5.92 Å². The first-order valence-electron chi connectivity index (χ1n) is 6.11. The number of aromatic nitrogens is 4. The van der Waals surface area contributed by atoms with Crippen molar-refractivity contribution in [3.63, 3.8) is 0 Å². The smallest absolute Gasteiger partial charge is 0.263 e. The fraction of sp³-hybridized carbons (Fsp3) is 0.545. The summed E-state index contributed by atoms with van der Waals surface area (Å²) in [7, 11) is 0. The first kappa shape index (κ1) is 12.1. The summed E-state index contributed by atoms with van der Waals surface area (Å²) in [6, 6.07) is 0. The molecule has 0 radical (unpaired) electrons. The van der Waals surface area contributed by atoms with Crippen LogP contribution in [0, 0.1) is 5.92 Å². The Morgan fingerprint density at radius 1 is 1.53 bits per heavy atom. The first-order valence-corrected chi connectivity index (χ1v) is 6.11. The molecular weight excluding hydrogens is 256 g/mol. The number of aromatic amines is 2. The lowest BCUT2D eigenvalue weighted by Gasteiger charge is -2.19. The maximum Gasteiger partial charge on any atom is 0.263 e. The van der Waals surface area contributed by atoms with E-state index in [0.717, 1.165) is 0 Å². The van der Waals surface area contributed by atoms with E-state index in [4.69, 9.17) is 0 Å². The van der Waals surface area contributed by atoms with Gasteiger partial charge in [-0.25, -0.2) is 8.78 Å². The fourth-order valence-electron chi connectivity index (χ4n) is 2.40. The van der Waals surface area contributed by atoms with E-state index in [2.05, 4.69) is 25.5 Å². The molecule has 2 aromatic rings. The summed E-state index contributed by atoms with van der Waals surface area (Å²) in [5.41, 5.74) is -0.0103. The number of rotatable bonds is 3. The van der Waals surface area contributed by atoms with Gasteiger partial charge in [0.05, 0.1) is 6.20 Å². The molecule has 6 nitrogen and oxygen atoms in total. The number of anilines is 1. The monoisotopic (exact) mass is 269 g/mol. The molecule has 1 aliphatic carbocycles. The Balaban J connectivity index is 1.77. The second kappa shape index (κ2) is 4.29. The largest absolute Gasteiger partial charge is 0.355 e. The van der Waals surface area contributed by atoms with Crippen LogP contribution in [0.15, 0.2) is 11.0 Å². The molecule has 0 bridgehead atoms. The second-order valence-electron chi connectivity index (χ2n) is 4.78. The summed E-state index contributed by atoms with van der Waals surface area (Å²) in [6.45, 7) is 0.0928. The van der Waals surface area contributed by atoms with Crippen LogP contribution in [0.4, 0.5) is 14.7 Å². The van der Waals surface area contributed by atoms with Gasteiger partial charge in [0.25, 0.3) is 11.5 Å². The highest BCUT2D eigenvalue weighted by Gasteiger charge is 2.43. The van der Waals surface area contributed by atoms with Crippen LogP contribution < -0.4 is 10.9 Å². The Morgan fingerprint density at radius 2 is 2.37 bits per heavy atom. The van der Waals surface area contributed by atoms with E-state index in [1.54, 1.807) is 0 Å². The summed E-state index contributed by atoms with van der Waals surface area (Å²) < 4.78 is 26.9. The number of nitrogens with one attached hydrogen (secondary N) is 3. The van der Waals surface area contributed by atoms with Gasteiger partial charge < -0.3 is 5.32 Å². The number of nitrogens with zero attached hydrogens (tertiary/aromatic N) is 2. The quantitative estimate of drug-likeness (QED) is 0.788. The van der Waals surface area contributed by atoms with Gasteiger partial charge in [-0.05, 0) is 12.8 Å². The van der Waals surface area contributed by atoms with Crippen molar-refractivity contribution >= 4 is 17.0 Å². The highest BCUT2D eigenvalue weighted by Crippen LogP contribution is 2.40. The third-order valence-electron chi connectivity index (χ3n) is 3.50. The summed E-state index contributed by atoms with van der Waals surface area (Å²) in [5, 5.41) is 9.40. The molecule has 0 saturated heterocycles. The summed E-state index contributed by atoms with van der Waals surface area (Å²) >= 11 is 0. The average molecular weight is 269 g/mol. The Kier molecular flexibility index (Phi) is 2.72. The molecule has 3 rings (SSSR count). The van der Waals surface area contributed by atoms with Crippen LogP contribution >= 0.6 is 0 Å². The van der Waals surface area contributed by atoms with Crippen LogP contribution in [0.25, 0.3) is 11.0 Å². The molecule has 8 heteroatoms. The predicted octanol–water partition coefficient (Wildman–Crippen LogP) is 1.49. The minimum Gasteiger partial charge on any atom is -0.355 e. The average Bonchev–Trinajstić information content (AvgIpc) is 2.93. The Bertz CT molecular complexity index is 650. The minimum atomic E-state index is -2.63. The number of halogens is 2. The van der Waals surface area contributed by atoms with Gasteiger partial charge in [-0.3, -0.25) is 14.9 Å². The predicted molar refractivity (Wildman–Crippen MR) is 65.3 cm³/mol. The fourth-order valence-corrected chi connectivity index (χ4v) is 2.40. The molecule has 1 saturated carbocycles. The van der Waals surface area contributed by atoms with Crippen LogP contribution in [0.5, 0.6) is 0 Å². The lowest BCUT2D eigenvalue weighted by Crippen LogP contribution is -2.29. The SMILES string of the molecule is O=c1[nH]c(NCC2CCCC2(F)F)nc2[nH]ncc12. The van der Waals surface area contributed by atoms with Crippen LogP contribution in [-0.4, -0.2) is 32.6 Å². The van der Waals surface area contributed by atoms with Gasteiger partial charge >= 0.3 is 0 Å².